The average molecular weight is 1130 g/mol. The molecule has 2 atom stereocenters. The van der Waals surface area contributed by atoms with Crippen LogP contribution in [0.4, 0.5) is 0 Å². The van der Waals surface area contributed by atoms with Crippen LogP contribution < -0.4 is 0 Å². The Balaban J connectivity index is 1.43. The van der Waals surface area contributed by atoms with Crippen molar-refractivity contribution >= 4 is 99.5 Å². The Morgan fingerprint density at radius 3 is 0.949 bits per heavy atom. The summed E-state index contributed by atoms with van der Waals surface area (Å²) < 4.78 is 4.01. The van der Waals surface area contributed by atoms with Crippen molar-refractivity contribution in [3.05, 3.63) is 66.1 Å². The van der Waals surface area contributed by atoms with Crippen molar-refractivity contribution in [3.63, 3.8) is 0 Å². The number of nitriles is 4. The Labute approximate surface area is 485 Å². The van der Waals surface area contributed by atoms with Crippen LogP contribution in [0.5, 0.6) is 0 Å². The molecule has 6 heterocycles. The van der Waals surface area contributed by atoms with Gasteiger partial charge in [-0.3, -0.25) is 9.59 Å². The largest absolute Gasteiger partial charge is 0.306 e. The number of thiophene rings is 4. The second-order valence-corrected chi connectivity index (χ2v) is 26.6. The van der Waals surface area contributed by atoms with Crippen LogP contribution in [0.2, 0.25) is 0 Å². The molecule has 78 heavy (non-hydrogen) atoms. The standard InChI is InChI=1S/C66H88N6O2S4/c1-5-9-13-17-21-23-27-31-35-49(33-29-25-19-15-11-7-3)47-71-63(59-41-57-55(77-59)39-53(75-57)37-51(43-67)44-68)61-62(65(71)73)64(60-42-58-56(78-60)40-54(76-58)38-52(45-69)46-70)72(66(61)74)48-50(34-30-26-20-16-12-8-4)36-32-28-24-22-18-14-10-6-2/h37-42,49-50H,5-36,47-48H2,1-4H3. The number of rotatable bonds is 40. The lowest BCUT2D eigenvalue weighted by atomic mass is 9.93. The molecule has 418 valence electrons. The Morgan fingerprint density at radius 1 is 0.410 bits per heavy atom. The number of nitrogens with zero attached hydrogens (tertiary/aromatic N) is 6. The SMILES string of the molecule is CCCCCCCCCCC(CCCCCCCC)CN1C(=O)C2=C(c3cc4sc(C=C(C#N)C#N)cc4s3)N(CC(CCCCCCCC)CCCCCCCCCC)C(=O)C2=C1c1cc2sc(C=C(C#N)C#N)cc2s1. The van der Waals surface area contributed by atoms with Gasteiger partial charge in [0.25, 0.3) is 11.8 Å². The molecule has 2 aliphatic heterocycles. The van der Waals surface area contributed by atoms with Crippen molar-refractivity contribution in [2.75, 3.05) is 13.1 Å². The number of unbranched alkanes of at least 4 members (excludes halogenated alkanes) is 24. The van der Waals surface area contributed by atoms with Crippen molar-refractivity contribution < 1.29 is 9.59 Å². The van der Waals surface area contributed by atoms with Crippen LogP contribution in [-0.2, 0) is 9.59 Å². The van der Waals surface area contributed by atoms with Gasteiger partial charge in [0.2, 0.25) is 0 Å². The number of fused-ring (bicyclic) bond motifs is 3. The van der Waals surface area contributed by atoms with Crippen LogP contribution in [0.1, 0.15) is 253 Å². The van der Waals surface area contributed by atoms with Crippen LogP contribution >= 0.6 is 45.3 Å². The molecule has 0 aromatic carbocycles. The molecule has 2 aliphatic rings. The molecule has 0 bridgehead atoms. The van der Waals surface area contributed by atoms with E-state index in [1.807, 2.05) is 46.2 Å². The number of carbonyl (C=O) groups excluding carboxylic acids is 2. The molecule has 0 spiro atoms. The molecule has 0 N–H and O–H groups in total. The lowest BCUT2D eigenvalue weighted by molar-refractivity contribution is -0.124. The summed E-state index contributed by atoms with van der Waals surface area (Å²) in [6, 6.07) is 16.3. The second-order valence-electron chi connectivity index (χ2n) is 22.2. The predicted octanol–water partition coefficient (Wildman–Crippen LogP) is 20.7. The maximum absolute atomic E-state index is 16.0. The first-order valence-corrected chi connectivity index (χ1v) is 33.7. The summed E-state index contributed by atoms with van der Waals surface area (Å²) in [4.78, 5) is 39.4. The first-order chi connectivity index (χ1) is 38.2. The lowest BCUT2D eigenvalue weighted by Gasteiger charge is -2.29. The molecule has 2 amide bonds. The van der Waals surface area contributed by atoms with Crippen LogP contribution in [0, 0.1) is 57.2 Å². The topological polar surface area (TPSA) is 136 Å². The number of allylic oxidation sites excluding steroid dienone is 2. The van der Waals surface area contributed by atoms with Gasteiger partial charge in [-0.2, -0.15) is 21.0 Å². The number of hydrogen-bond donors (Lipinski definition) is 0. The van der Waals surface area contributed by atoms with Crippen LogP contribution in [-0.4, -0.2) is 34.7 Å². The second kappa shape index (κ2) is 34.4. The summed E-state index contributed by atoms with van der Waals surface area (Å²) in [5, 5.41) is 38.3. The normalized spacial score (nSPS) is 14.1. The maximum atomic E-state index is 16.0. The van der Waals surface area contributed by atoms with Crippen LogP contribution in [0.25, 0.3) is 42.3 Å². The Kier molecular flexibility index (Phi) is 27.5. The Hall–Kier alpha value is -4.82. The molecule has 0 radical (unpaired) electrons. The molecule has 4 aromatic rings. The molecular formula is C66H88N6O2S4. The van der Waals surface area contributed by atoms with Gasteiger partial charge in [-0.05, 0) is 73.9 Å². The molecule has 12 heteroatoms. The van der Waals surface area contributed by atoms with Gasteiger partial charge < -0.3 is 9.80 Å². The van der Waals surface area contributed by atoms with Crippen LogP contribution in [0.3, 0.4) is 0 Å². The average Bonchev–Trinajstić information content (AvgIpc) is 4.49. The summed E-state index contributed by atoms with van der Waals surface area (Å²) in [6.07, 6.45) is 42.1. The van der Waals surface area contributed by atoms with E-state index in [-0.39, 0.29) is 34.8 Å². The molecular weight excluding hydrogens is 1040 g/mol. The van der Waals surface area contributed by atoms with E-state index < -0.39 is 0 Å². The third-order valence-electron chi connectivity index (χ3n) is 15.9. The summed E-state index contributed by atoms with van der Waals surface area (Å²) in [6.45, 7) is 10.2. The van der Waals surface area contributed by atoms with Gasteiger partial charge in [-0.15, -0.1) is 45.3 Å². The van der Waals surface area contributed by atoms with Gasteiger partial charge in [-0.25, -0.2) is 0 Å². The minimum atomic E-state index is -0.0774. The monoisotopic (exact) mass is 1120 g/mol. The van der Waals surface area contributed by atoms with Crippen molar-refractivity contribution in [2.45, 2.75) is 233 Å². The number of carbonyl (C=O) groups is 2. The Morgan fingerprint density at radius 2 is 0.679 bits per heavy atom. The smallest absolute Gasteiger partial charge is 0.261 e. The highest BCUT2D eigenvalue weighted by Crippen LogP contribution is 2.52. The third-order valence-corrected chi connectivity index (χ3v) is 20.4. The Bertz CT molecular complexity index is 2570. The van der Waals surface area contributed by atoms with E-state index in [0.29, 0.717) is 24.2 Å². The first kappa shape index (κ1) is 62.4. The van der Waals surface area contributed by atoms with Gasteiger partial charge in [0.05, 0.1) is 32.3 Å². The zero-order valence-corrected chi connectivity index (χ0v) is 51.1. The fourth-order valence-electron chi connectivity index (χ4n) is 11.5. The van der Waals surface area contributed by atoms with Gasteiger partial charge >= 0.3 is 0 Å². The zero-order chi connectivity index (χ0) is 55.5. The van der Waals surface area contributed by atoms with E-state index in [1.54, 1.807) is 34.8 Å². The molecule has 0 saturated carbocycles. The summed E-state index contributed by atoms with van der Waals surface area (Å²) in [5.74, 6) is 0.422. The number of amides is 2. The highest BCUT2D eigenvalue weighted by molar-refractivity contribution is 7.29. The van der Waals surface area contributed by atoms with E-state index in [0.717, 1.165) is 101 Å². The van der Waals surface area contributed by atoms with Crippen molar-refractivity contribution in [3.8, 4) is 24.3 Å². The maximum Gasteiger partial charge on any atom is 0.261 e. The van der Waals surface area contributed by atoms with Crippen molar-refractivity contribution in [2.24, 2.45) is 11.8 Å². The first-order valence-electron chi connectivity index (χ1n) is 30.5. The van der Waals surface area contributed by atoms with Gasteiger partial charge in [0.15, 0.2) is 0 Å². The molecule has 6 rings (SSSR count). The minimum absolute atomic E-state index is 0.0564. The lowest BCUT2D eigenvalue weighted by Crippen LogP contribution is -2.34. The van der Waals surface area contributed by atoms with E-state index in [4.69, 9.17) is 0 Å². The summed E-state index contributed by atoms with van der Waals surface area (Å²) >= 11 is 6.24. The molecule has 0 fully saturated rings. The van der Waals surface area contributed by atoms with E-state index in [1.165, 1.54) is 177 Å². The number of hydrogen-bond acceptors (Lipinski definition) is 10. The molecule has 2 unspecified atom stereocenters. The zero-order valence-electron chi connectivity index (χ0n) is 47.8. The van der Waals surface area contributed by atoms with Gasteiger partial charge in [0, 0.05) is 41.6 Å². The quantitative estimate of drug-likeness (QED) is 0.0321. The van der Waals surface area contributed by atoms with E-state index in [2.05, 4.69) is 39.8 Å². The minimum Gasteiger partial charge on any atom is -0.306 e. The molecule has 8 nitrogen and oxygen atoms in total. The van der Waals surface area contributed by atoms with Gasteiger partial charge in [0.1, 0.15) is 35.4 Å². The molecule has 0 aliphatic carbocycles. The van der Waals surface area contributed by atoms with Crippen LogP contribution in [0.15, 0.2) is 46.6 Å². The highest BCUT2D eigenvalue weighted by atomic mass is 32.1. The summed E-state index contributed by atoms with van der Waals surface area (Å²) in [7, 11) is 0. The van der Waals surface area contributed by atoms with Crippen molar-refractivity contribution in [1.29, 1.82) is 21.0 Å². The predicted molar refractivity (Wildman–Crippen MR) is 332 cm³/mol. The fourth-order valence-corrected chi connectivity index (χ4v) is 16.4. The van der Waals surface area contributed by atoms with E-state index >= 15 is 9.59 Å². The molecule has 4 aromatic heterocycles. The van der Waals surface area contributed by atoms with Gasteiger partial charge in [-0.1, -0.05) is 207 Å². The van der Waals surface area contributed by atoms with Crippen molar-refractivity contribution in [1.82, 2.24) is 9.80 Å². The molecule has 0 saturated heterocycles. The fraction of sp³-hybridized carbons (Fsp3) is 0.606. The summed E-state index contributed by atoms with van der Waals surface area (Å²) in [5.41, 5.74) is 2.66. The third kappa shape index (κ3) is 18.1. The van der Waals surface area contributed by atoms with E-state index in [9.17, 15) is 21.0 Å². The highest BCUT2D eigenvalue weighted by Gasteiger charge is 2.50.